The van der Waals surface area contributed by atoms with Gasteiger partial charge in [-0.25, -0.2) is 0 Å². The highest BCUT2D eigenvalue weighted by Gasteiger charge is 2.37. The van der Waals surface area contributed by atoms with Crippen LogP contribution in [0, 0.1) is 5.92 Å². The van der Waals surface area contributed by atoms with Gasteiger partial charge in [0.2, 0.25) is 0 Å². The summed E-state index contributed by atoms with van der Waals surface area (Å²) in [6.07, 6.45) is 13.4. The van der Waals surface area contributed by atoms with Gasteiger partial charge in [-0.2, -0.15) is 0 Å². The second-order valence-electron chi connectivity index (χ2n) is 7.70. The maximum atomic E-state index is 10.8. The van der Waals surface area contributed by atoms with Crippen molar-refractivity contribution in [2.45, 2.75) is 76.4 Å². The molecule has 28 heavy (non-hydrogen) atoms. The molecule has 0 saturated heterocycles. The van der Waals surface area contributed by atoms with Crippen LogP contribution in [0.1, 0.15) is 81.4 Å². The number of hydrogen-bond acceptors (Lipinski definition) is 3. The summed E-state index contributed by atoms with van der Waals surface area (Å²) in [6.45, 7) is 2.15. The van der Waals surface area contributed by atoms with Crippen LogP contribution >= 0.6 is 0 Å². The number of fused-ring (bicyclic) bond motifs is 1. The minimum atomic E-state index is -0.766. The molecule has 1 aliphatic carbocycles. The maximum absolute atomic E-state index is 10.8. The lowest BCUT2D eigenvalue weighted by atomic mass is 9.88. The first-order chi connectivity index (χ1) is 13.5. The van der Waals surface area contributed by atoms with E-state index in [1.54, 1.807) is 0 Å². The summed E-state index contributed by atoms with van der Waals surface area (Å²) in [6, 6.07) is 7.99. The van der Waals surface area contributed by atoms with E-state index in [9.17, 15) is 15.0 Å². The van der Waals surface area contributed by atoms with E-state index in [1.807, 2.05) is 30.4 Å². The van der Waals surface area contributed by atoms with Crippen LogP contribution in [-0.2, 0) is 4.79 Å². The molecule has 0 fully saturated rings. The first kappa shape index (κ1) is 22.4. The fourth-order valence-electron chi connectivity index (χ4n) is 3.95. The molecule has 0 bridgehead atoms. The van der Waals surface area contributed by atoms with Crippen molar-refractivity contribution >= 4 is 5.97 Å². The minimum Gasteiger partial charge on any atom is -0.481 e. The molecule has 1 aromatic carbocycles. The van der Waals surface area contributed by atoms with Gasteiger partial charge in [0.05, 0.1) is 12.2 Å². The van der Waals surface area contributed by atoms with E-state index in [4.69, 9.17) is 5.11 Å². The quantitative estimate of drug-likeness (QED) is 0.344. The summed E-state index contributed by atoms with van der Waals surface area (Å²) < 4.78 is 0. The zero-order valence-electron chi connectivity index (χ0n) is 16.8. The van der Waals surface area contributed by atoms with E-state index in [1.165, 1.54) is 0 Å². The van der Waals surface area contributed by atoms with Crippen molar-refractivity contribution in [1.82, 2.24) is 0 Å². The lowest BCUT2D eigenvalue weighted by Crippen LogP contribution is -2.11. The van der Waals surface area contributed by atoms with Crippen LogP contribution in [0.25, 0.3) is 0 Å². The number of rotatable bonds is 12. The fraction of sp³-hybridized carbons (Fsp3) is 0.542. The largest absolute Gasteiger partial charge is 0.481 e. The molecule has 0 amide bonds. The number of carboxylic acids is 1. The topological polar surface area (TPSA) is 77.8 Å². The van der Waals surface area contributed by atoms with Gasteiger partial charge in [-0.3, -0.25) is 4.79 Å². The van der Waals surface area contributed by atoms with Crippen LogP contribution in [0.3, 0.4) is 0 Å². The Morgan fingerprint density at radius 1 is 1.14 bits per heavy atom. The highest BCUT2D eigenvalue weighted by Crippen LogP contribution is 2.47. The van der Waals surface area contributed by atoms with Crippen LogP contribution in [0.15, 0.2) is 48.6 Å². The Hall–Kier alpha value is -1.91. The standard InChI is InChI=1S/C24H34O4/c1-2-3-6-11-18(25)16-17-20-19-12-9-10-14-21(19)24(28)22(20)13-7-4-5-8-15-23(26)27/h4,7,9-10,12,14,16-18,20,22,24-25,28H,2-3,5-6,8,11,13,15H2,1H3,(H,26,27)/b7-4-,17-16?/t18?,20?,22-,24-/m1/s1. The van der Waals surface area contributed by atoms with Crippen LogP contribution in [0.5, 0.6) is 0 Å². The van der Waals surface area contributed by atoms with Gasteiger partial charge in [-0.05, 0) is 36.8 Å². The van der Waals surface area contributed by atoms with Crippen molar-refractivity contribution in [2.24, 2.45) is 5.92 Å². The van der Waals surface area contributed by atoms with Crippen LogP contribution < -0.4 is 0 Å². The molecule has 154 valence electrons. The number of hydrogen-bond donors (Lipinski definition) is 3. The third-order valence-corrected chi connectivity index (χ3v) is 5.52. The molecular formula is C24H34O4. The van der Waals surface area contributed by atoms with Gasteiger partial charge in [0.15, 0.2) is 0 Å². The van der Waals surface area contributed by atoms with Gasteiger partial charge in [0, 0.05) is 18.3 Å². The Morgan fingerprint density at radius 2 is 1.89 bits per heavy atom. The third kappa shape index (κ3) is 6.61. The van der Waals surface area contributed by atoms with Crippen LogP contribution in [0.2, 0.25) is 0 Å². The average molecular weight is 387 g/mol. The molecule has 1 aliphatic rings. The molecule has 4 nitrogen and oxygen atoms in total. The lowest BCUT2D eigenvalue weighted by molar-refractivity contribution is -0.137. The van der Waals surface area contributed by atoms with Crippen molar-refractivity contribution in [3.05, 3.63) is 59.7 Å². The molecule has 2 unspecified atom stereocenters. The zero-order valence-corrected chi connectivity index (χ0v) is 16.8. The van der Waals surface area contributed by atoms with Crippen molar-refractivity contribution in [3.63, 3.8) is 0 Å². The molecule has 0 spiro atoms. The number of aliphatic hydroxyl groups excluding tert-OH is 2. The highest BCUT2D eigenvalue weighted by atomic mass is 16.4. The third-order valence-electron chi connectivity index (χ3n) is 5.52. The van der Waals surface area contributed by atoms with E-state index in [-0.39, 0.29) is 18.3 Å². The van der Waals surface area contributed by atoms with Gasteiger partial charge >= 0.3 is 5.97 Å². The van der Waals surface area contributed by atoms with E-state index in [2.05, 4.69) is 25.1 Å². The summed E-state index contributed by atoms with van der Waals surface area (Å²) in [5, 5.41) is 29.8. The number of allylic oxidation sites excluding steroid dienone is 3. The minimum absolute atomic E-state index is 0.0345. The average Bonchev–Trinajstić information content (AvgIpc) is 2.94. The van der Waals surface area contributed by atoms with E-state index < -0.39 is 18.2 Å². The first-order valence-corrected chi connectivity index (χ1v) is 10.5. The lowest BCUT2D eigenvalue weighted by Gasteiger charge is -2.19. The van der Waals surface area contributed by atoms with Crippen LogP contribution in [0.4, 0.5) is 0 Å². The number of carbonyl (C=O) groups is 1. The molecular weight excluding hydrogens is 352 g/mol. The summed E-state index contributed by atoms with van der Waals surface area (Å²) >= 11 is 0. The molecule has 0 aliphatic heterocycles. The second kappa shape index (κ2) is 11.8. The Morgan fingerprint density at radius 3 is 2.61 bits per heavy atom. The van der Waals surface area contributed by atoms with Crippen LogP contribution in [-0.4, -0.2) is 27.4 Å². The summed E-state index contributed by atoms with van der Waals surface area (Å²) in [7, 11) is 0. The monoisotopic (exact) mass is 386 g/mol. The number of aliphatic carboxylic acids is 1. The Kier molecular flexibility index (Phi) is 9.45. The zero-order chi connectivity index (χ0) is 20.4. The second-order valence-corrected chi connectivity index (χ2v) is 7.70. The highest BCUT2D eigenvalue weighted by molar-refractivity contribution is 5.66. The number of carboxylic acid groups (broad SMARTS) is 1. The number of benzene rings is 1. The molecule has 0 radical (unpaired) electrons. The van der Waals surface area contributed by atoms with Crippen molar-refractivity contribution in [1.29, 1.82) is 0 Å². The Labute approximate surface area is 168 Å². The normalized spacial score (nSPS) is 22.8. The van der Waals surface area contributed by atoms with Gasteiger partial charge in [0.25, 0.3) is 0 Å². The number of aliphatic hydroxyl groups is 2. The van der Waals surface area contributed by atoms with Gasteiger partial charge in [-0.1, -0.05) is 74.8 Å². The Bertz CT molecular complexity index is 664. The van der Waals surface area contributed by atoms with Gasteiger partial charge < -0.3 is 15.3 Å². The van der Waals surface area contributed by atoms with Gasteiger partial charge in [0.1, 0.15) is 0 Å². The first-order valence-electron chi connectivity index (χ1n) is 10.5. The SMILES string of the molecule is CCCCCC(O)C=CC1c2ccccc2[C@@H](O)[C@@H]1C/C=C\CCCC(=O)O. The number of unbranched alkanes of at least 4 members (excludes halogenated alkanes) is 3. The van der Waals surface area contributed by atoms with Crippen molar-refractivity contribution in [3.8, 4) is 0 Å². The fourth-order valence-corrected chi connectivity index (χ4v) is 3.95. The van der Waals surface area contributed by atoms with Crippen molar-refractivity contribution < 1.29 is 20.1 Å². The maximum Gasteiger partial charge on any atom is 0.303 e. The summed E-state index contributed by atoms with van der Waals surface area (Å²) in [4.78, 5) is 10.6. The molecule has 2 rings (SSSR count). The molecule has 4 heteroatoms. The molecule has 1 aromatic rings. The molecule has 0 saturated carbocycles. The van der Waals surface area contributed by atoms with E-state index >= 15 is 0 Å². The smallest absolute Gasteiger partial charge is 0.303 e. The molecule has 0 aromatic heterocycles. The predicted octanol–water partition coefficient (Wildman–Crippen LogP) is 5.13. The summed E-state index contributed by atoms with van der Waals surface area (Å²) in [5.41, 5.74) is 2.11. The Balaban J connectivity index is 2.01. The summed E-state index contributed by atoms with van der Waals surface area (Å²) in [5.74, 6) is -0.652. The predicted molar refractivity (Wildman–Crippen MR) is 112 cm³/mol. The van der Waals surface area contributed by atoms with E-state index in [0.717, 1.165) is 49.7 Å². The molecule has 3 N–H and O–H groups in total. The molecule has 0 heterocycles. The van der Waals surface area contributed by atoms with Crippen molar-refractivity contribution in [2.75, 3.05) is 0 Å². The van der Waals surface area contributed by atoms with Gasteiger partial charge in [-0.15, -0.1) is 0 Å². The molecule has 4 atom stereocenters. The van der Waals surface area contributed by atoms with E-state index in [0.29, 0.717) is 6.42 Å².